The number of ether oxygens (including phenoxy) is 2. The molecule has 1 aliphatic heterocycles. The SMILES string of the molecule is C1COCCO1.CN(C)C=O.ClCCl. The number of amides is 1. The minimum absolute atomic E-state index is 0.194. The molecule has 0 saturated carbocycles. The first kappa shape index (κ1) is 16.4. The second kappa shape index (κ2) is 15.4. The highest BCUT2D eigenvalue weighted by Crippen LogP contribution is 1.85. The van der Waals surface area contributed by atoms with Gasteiger partial charge >= 0.3 is 0 Å². The van der Waals surface area contributed by atoms with Crippen molar-refractivity contribution >= 4 is 29.6 Å². The van der Waals surface area contributed by atoms with Crippen LogP contribution in [0, 0.1) is 0 Å². The van der Waals surface area contributed by atoms with Crippen LogP contribution in [-0.4, -0.2) is 57.2 Å². The van der Waals surface area contributed by atoms with E-state index in [1.807, 2.05) is 0 Å². The second-order valence-corrected chi connectivity index (χ2v) is 3.20. The van der Waals surface area contributed by atoms with E-state index in [4.69, 9.17) is 32.7 Å². The van der Waals surface area contributed by atoms with E-state index in [0.717, 1.165) is 32.8 Å². The lowest BCUT2D eigenvalue weighted by atomic mass is 10.6. The molecule has 0 bridgehead atoms. The molecule has 86 valence electrons. The first-order chi connectivity index (χ1) is 6.68. The monoisotopic (exact) mass is 245 g/mol. The summed E-state index contributed by atoms with van der Waals surface area (Å²) in [6, 6.07) is 0. The number of nitrogens with zero attached hydrogens (tertiary/aromatic N) is 1. The lowest BCUT2D eigenvalue weighted by Crippen LogP contribution is -2.16. The third-order valence-corrected chi connectivity index (χ3v) is 0.955. The first-order valence-corrected chi connectivity index (χ1v) is 5.15. The van der Waals surface area contributed by atoms with Crippen molar-refractivity contribution in [3.8, 4) is 0 Å². The molecule has 0 spiro atoms. The Labute approximate surface area is 95.1 Å². The van der Waals surface area contributed by atoms with Crippen LogP contribution in [0.15, 0.2) is 0 Å². The molecule has 0 aromatic heterocycles. The normalized spacial score (nSPS) is 14.0. The molecule has 4 nitrogen and oxygen atoms in total. The summed E-state index contributed by atoms with van der Waals surface area (Å²) in [5.74, 6) is 0. The summed E-state index contributed by atoms with van der Waals surface area (Å²) in [6.45, 7) is 3.11. The Balaban J connectivity index is 0. The Kier molecular flexibility index (Phi) is 18.1. The molecular formula is C8H17Cl2NO3. The van der Waals surface area contributed by atoms with Crippen LogP contribution in [0.5, 0.6) is 0 Å². The largest absolute Gasteiger partial charge is 0.377 e. The summed E-state index contributed by atoms with van der Waals surface area (Å²) in [6.07, 6.45) is 0.750. The molecule has 1 saturated heterocycles. The van der Waals surface area contributed by atoms with Crippen molar-refractivity contribution in [2.75, 3.05) is 45.9 Å². The third-order valence-electron chi connectivity index (χ3n) is 0.955. The molecule has 0 radical (unpaired) electrons. The molecule has 1 rings (SSSR count). The second-order valence-electron chi connectivity index (χ2n) is 2.39. The summed E-state index contributed by atoms with van der Waals surface area (Å²) in [5, 5.41) is 0.194. The molecule has 1 aliphatic rings. The Morgan fingerprint density at radius 3 is 1.43 bits per heavy atom. The molecule has 1 heterocycles. The summed E-state index contributed by atoms with van der Waals surface area (Å²) in [7, 11) is 3.38. The number of rotatable bonds is 1. The molecule has 14 heavy (non-hydrogen) atoms. The van der Waals surface area contributed by atoms with Gasteiger partial charge in [0.15, 0.2) is 0 Å². The van der Waals surface area contributed by atoms with Gasteiger partial charge in [-0.3, -0.25) is 4.79 Å². The van der Waals surface area contributed by atoms with E-state index in [9.17, 15) is 4.79 Å². The summed E-state index contributed by atoms with van der Waals surface area (Å²) in [5.41, 5.74) is 0. The van der Waals surface area contributed by atoms with Crippen LogP contribution >= 0.6 is 23.2 Å². The molecule has 0 N–H and O–H groups in total. The van der Waals surface area contributed by atoms with Gasteiger partial charge in [0.25, 0.3) is 0 Å². The smallest absolute Gasteiger partial charge is 0.209 e. The predicted octanol–water partition coefficient (Wildman–Crippen LogP) is 1.16. The van der Waals surface area contributed by atoms with Crippen LogP contribution in [0.2, 0.25) is 0 Å². The first-order valence-electron chi connectivity index (χ1n) is 4.08. The standard InChI is InChI=1S/C4H8O2.C3H7NO.CH2Cl2/c1-2-6-4-3-5-1;1-4(2)3-5;2-1-3/h1-4H2;3H,1-2H3;1H2. The minimum Gasteiger partial charge on any atom is -0.377 e. The number of hydrogen-bond donors (Lipinski definition) is 0. The maximum absolute atomic E-state index is 9.43. The van der Waals surface area contributed by atoms with Gasteiger partial charge in [-0.25, -0.2) is 0 Å². The molecule has 1 amide bonds. The average molecular weight is 246 g/mol. The maximum atomic E-state index is 9.43. The molecular weight excluding hydrogens is 229 g/mol. The van der Waals surface area contributed by atoms with Crippen molar-refractivity contribution in [2.45, 2.75) is 0 Å². The Morgan fingerprint density at radius 1 is 1.14 bits per heavy atom. The van der Waals surface area contributed by atoms with Gasteiger partial charge in [0.1, 0.15) is 0 Å². The van der Waals surface area contributed by atoms with Gasteiger partial charge in [0.2, 0.25) is 6.41 Å². The van der Waals surface area contributed by atoms with E-state index in [2.05, 4.69) is 0 Å². The van der Waals surface area contributed by atoms with E-state index < -0.39 is 0 Å². The lowest BCUT2D eigenvalue weighted by molar-refractivity contribution is -0.115. The highest BCUT2D eigenvalue weighted by atomic mass is 35.5. The van der Waals surface area contributed by atoms with Gasteiger partial charge in [-0.15, -0.1) is 23.2 Å². The van der Waals surface area contributed by atoms with E-state index in [1.165, 1.54) is 4.90 Å². The molecule has 0 aliphatic carbocycles. The molecule has 0 aromatic carbocycles. The van der Waals surface area contributed by atoms with E-state index in [-0.39, 0.29) is 5.34 Å². The van der Waals surface area contributed by atoms with Crippen LogP contribution in [0.4, 0.5) is 0 Å². The topological polar surface area (TPSA) is 38.8 Å². The number of alkyl halides is 2. The highest BCUT2D eigenvalue weighted by Gasteiger charge is 1.94. The highest BCUT2D eigenvalue weighted by molar-refractivity contribution is 6.40. The minimum atomic E-state index is 0.194. The summed E-state index contributed by atoms with van der Waals surface area (Å²) in [4.78, 5) is 10.9. The third kappa shape index (κ3) is 22.7. The van der Waals surface area contributed by atoms with Gasteiger partial charge < -0.3 is 14.4 Å². The van der Waals surface area contributed by atoms with Gasteiger partial charge in [-0.2, -0.15) is 0 Å². The molecule has 0 aromatic rings. The number of hydrogen-bond acceptors (Lipinski definition) is 3. The zero-order valence-electron chi connectivity index (χ0n) is 8.54. The quantitative estimate of drug-likeness (QED) is 0.514. The van der Waals surface area contributed by atoms with Crippen molar-refractivity contribution in [1.82, 2.24) is 4.90 Å². The van der Waals surface area contributed by atoms with Gasteiger partial charge in [-0.05, 0) is 0 Å². The molecule has 0 unspecified atom stereocenters. The molecule has 0 atom stereocenters. The van der Waals surface area contributed by atoms with Crippen LogP contribution in [0.1, 0.15) is 0 Å². The zero-order valence-corrected chi connectivity index (χ0v) is 10.1. The number of carbonyl (C=O) groups excluding carboxylic acids is 1. The van der Waals surface area contributed by atoms with Gasteiger partial charge in [-0.1, -0.05) is 0 Å². The van der Waals surface area contributed by atoms with Gasteiger partial charge in [0, 0.05) is 14.1 Å². The Bertz CT molecular complexity index is 99.2. The van der Waals surface area contributed by atoms with Crippen LogP contribution in [-0.2, 0) is 14.3 Å². The zero-order chi connectivity index (χ0) is 11.2. The van der Waals surface area contributed by atoms with Crippen LogP contribution in [0.25, 0.3) is 0 Å². The van der Waals surface area contributed by atoms with Crippen molar-refractivity contribution in [3.63, 3.8) is 0 Å². The van der Waals surface area contributed by atoms with E-state index in [0.29, 0.717) is 0 Å². The van der Waals surface area contributed by atoms with Crippen molar-refractivity contribution in [1.29, 1.82) is 0 Å². The Hall–Kier alpha value is -0.0300. The fraction of sp³-hybridized carbons (Fsp3) is 0.875. The summed E-state index contributed by atoms with van der Waals surface area (Å²) >= 11 is 9.53. The Morgan fingerprint density at radius 2 is 1.36 bits per heavy atom. The number of halogens is 2. The maximum Gasteiger partial charge on any atom is 0.209 e. The fourth-order valence-electron chi connectivity index (χ4n) is 0.440. The fourth-order valence-corrected chi connectivity index (χ4v) is 0.440. The predicted molar refractivity (Wildman–Crippen MR) is 58.0 cm³/mol. The van der Waals surface area contributed by atoms with Crippen molar-refractivity contribution in [2.24, 2.45) is 0 Å². The van der Waals surface area contributed by atoms with Gasteiger partial charge in [0.05, 0.1) is 31.8 Å². The number of carbonyl (C=O) groups is 1. The van der Waals surface area contributed by atoms with Crippen LogP contribution in [0.3, 0.4) is 0 Å². The van der Waals surface area contributed by atoms with Crippen LogP contribution < -0.4 is 0 Å². The lowest BCUT2D eigenvalue weighted by Gasteiger charge is -2.09. The molecule has 1 fully saturated rings. The average Bonchev–Trinajstić information content (AvgIpc) is 2.22. The van der Waals surface area contributed by atoms with Crippen molar-refractivity contribution < 1.29 is 14.3 Å². The molecule has 6 heteroatoms. The summed E-state index contributed by atoms with van der Waals surface area (Å²) < 4.78 is 9.89. The van der Waals surface area contributed by atoms with Crippen molar-refractivity contribution in [3.05, 3.63) is 0 Å². The van der Waals surface area contributed by atoms with E-state index in [1.54, 1.807) is 14.1 Å². The van der Waals surface area contributed by atoms with E-state index >= 15 is 0 Å².